The highest BCUT2D eigenvalue weighted by atomic mass is 31.2. The van der Waals surface area contributed by atoms with E-state index in [1.165, 1.54) is 38.2 Å². The molecular formula is C30H31O2P. The van der Waals surface area contributed by atoms with Crippen LogP contribution in [0.1, 0.15) is 29.2 Å². The van der Waals surface area contributed by atoms with Gasteiger partial charge in [0, 0.05) is 5.97 Å². The van der Waals surface area contributed by atoms with E-state index >= 15 is 0 Å². The predicted molar refractivity (Wildman–Crippen MR) is 140 cm³/mol. The van der Waals surface area contributed by atoms with Gasteiger partial charge < -0.3 is 9.90 Å². The van der Waals surface area contributed by atoms with Crippen molar-refractivity contribution in [3.63, 3.8) is 0 Å². The lowest BCUT2D eigenvalue weighted by atomic mass is 10.2. The second-order valence-electron chi connectivity index (χ2n) is 8.46. The summed E-state index contributed by atoms with van der Waals surface area (Å²) in [5.74, 6) is -1.08. The Morgan fingerprint density at radius 1 is 0.636 bits per heavy atom. The van der Waals surface area contributed by atoms with Gasteiger partial charge in [0.15, 0.2) is 0 Å². The molecule has 4 rings (SSSR count). The number of carboxylic acid groups (broad SMARTS) is 1. The lowest BCUT2D eigenvalue weighted by molar-refractivity contribution is -0.302. The highest BCUT2D eigenvalue weighted by Crippen LogP contribution is 2.58. The van der Waals surface area contributed by atoms with Crippen LogP contribution in [0.3, 0.4) is 0 Å². The highest BCUT2D eigenvalue weighted by Gasteiger charge is 2.45. The van der Waals surface area contributed by atoms with Crippen molar-refractivity contribution in [1.29, 1.82) is 0 Å². The Morgan fingerprint density at radius 2 is 1.00 bits per heavy atom. The number of hydrogen-bond acceptors (Lipinski definition) is 2. The Kier molecular flexibility index (Phi) is 8.20. The van der Waals surface area contributed by atoms with Gasteiger partial charge in [0.05, 0.1) is 6.16 Å². The molecular weight excluding hydrogens is 423 g/mol. The third-order valence-corrected chi connectivity index (χ3v) is 9.91. The molecule has 0 aliphatic rings. The third kappa shape index (κ3) is 6.18. The first kappa shape index (κ1) is 24.4. The summed E-state index contributed by atoms with van der Waals surface area (Å²) in [6.07, 6.45) is 1.03. The molecule has 0 amide bonds. The summed E-state index contributed by atoms with van der Waals surface area (Å²) >= 11 is 0. The van der Waals surface area contributed by atoms with Crippen molar-refractivity contribution >= 4 is 29.1 Å². The minimum absolute atomic E-state index is 0.972. The second kappa shape index (κ2) is 11.1. The Bertz CT molecular complexity index is 1100. The van der Waals surface area contributed by atoms with Crippen LogP contribution < -0.4 is 21.0 Å². The molecule has 0 bridgehead atoms. The molecule has 2 nitrogen and oxygen atoms in total. The number of benzene rings is 4. The quantitative estimate of drug-likeness (QED) is 0.404. The van der Waals surface area contributed by atoms with E-state index in [9.17, 15) is 0 Å². The van der Waals surface area contributed by atoms with Gasteiger partial charge in [-0.15, -0.1) is 0 Å². The first-order valence-electron chi connectivity index (χ1n) is 11.1. The summed E-state index contributed by atoms with van der Waals surface area (Å²) in [6, 6.07) is 38.5. The topological polar surface area (TPSA) is 40.1 Å². The standard InChI is InChI=1S/C28H28P.C2H4O2/c1-22-10-7-15-26(18-22)29(21-25-13-5-4-6-14-25,27-16-8-11-23(2)19-27)28-17-9-12-24(3)20-28;1-2(3)4/h4-20H,21H2,1-3H3;1H3,(H,3,4)/q+1;/p-1. The van der Waals surface area contributed by atoms with Crippen LogP contribution in [0, 0.1) is 20.8 Å². The maximum absolute atomic E-state index is 8.89. The molecule has 4 aromatic carbocycles. The molecule has 3 heteroatoms. The fourth-order valence-corrected chi connectivity index (χ4v) is 8.67. The zero-order valence-corrected chi connectivity index (χ0v) is 20.7. The second-order valence-corrected chi connectivity index (χ2v) is 11.9. The lowest BCUT2D eigenvalue weighted by Crippen LogP contribution is -2.33. The van der Waals surface area contributed by atoms with Crippen molar-refractivity contribution in [2.45, 2.75) is 33.9 Å². The third-order valence-electron chi connectivity index (χ3n) is 5.59. The number of rotatable bonds is 5. The van der Waals surface area contributed by atoms with E-state index in [1.54, 1.807) is 0 Å². The van der Waals surface area contributed by atoms with Crippen LogP contribution in [0.2, 0.25) is 0 Å². The van der Waals surface area contributed by atoms with Gasteiger partial charge in [0.1, 0.15) is 23.2 Å². The molecule has 0 N–H and O–H groups in total. The summed E-state index contributed by atoms with van der Waals surface area (Å²) < 4.78 is 0. The van der Waals surface area contributed by atoms with E-state index < -0.39 is 13.2 Å². The molecule has 0 atom stereocenters. The van der Waals surface area contributed by atoms with E-state index in [1.807, 2.05) is 0 Å². The van der Waals surface area contributed by atoms with Gasteiger partial charge in [0.25, 0.3) is 0 Å². The summed E-state index contributed by atoms with van der Waals surface area (Å²) in [7, 11) is -1.86. The lowest BCUT2D eigenvalue weighted by Gasteiger charge is -2.28. The van der Waals surface area contributed by atoms with Gasteiger partial charge in [-0.1, -0.05) is 66.7 Å². The van der Waals surface area contributed by atoms with E-state index in [0.29, 0.717) is 0 Å². The van der Waals surface area contributed by atoms with Crippen LogP contribution in [0.15, 0.2) is 103 Å². The maximum Gasteiger partial charge on any atom is 0.116 e. The molecule has 0 aliphatic heterocycles. The fourth-order valence-electron chi connectivity index (χ4n) is 4.17. The Labute approximate surface area is 198 Å². The van der Waals surface area contributed by atoms with Gasteiger partial charge in [0.2, 0.25) is 0 Å². The average molecular weight is 455 g/mol. The van der Waals surface area contributed by atoms with Crippen LogP contribution in [0.25, 0.3) is 0 Å². The first-order chi connectivity index (χ1) is 15.8. The smallest absolute Gasteiger partial charge is 0.116 e. The highest BCUT2D eigenvalue weighted by molar-refractivity contribution is 7.95. The summed E-state index contributed by atoms with van der Waals surface area (Å²) in [6.45, 7) is 7.58. The largest absolute Gasteiger partial charge is 0.550 e. The predicted octanol–water partition coefficient (Wildman–Crippen LogP) is 4.86. The van der Waals surface area contributed by atoms with Crippen molar-refractivity contribution < 1.29 is 9.90 Å². The number of aliphatic carboxylic acids is 1. The summed E-state index contributed by atoms with van der Waals surface area (Å²) in [5, 5.41) is 13.3. The van der Waals surface area contributed by atoms with Crippen LogP contribution >= 0.6 is 7.26 Å². The SMILES string of the molecule is CC(=O)[O-].Cc1cccc([P+](Cc2ccccc2)(c2cccc(C)c2)c2cccc(C)c2)c1. The molecule has 168 valence electrons. The molecule has 0 saturated heterocycles. The molecule has 0 saturated carbocycles. The van der Waals surface area contributed by atoms with Gasteiger partial charge in [-0.05, 0) is 86.3 Å². The van der Waals surface area contributed by atoms with Crippen molar-refractivity contribution in [1.82, 2.24) is 0 Å². The minimum atomic E-state index is -1.86. The van der Waals surface area contributed by atoms with E-state index in [0.717, 1.165) is 13.1 Å². The van der Waals surface area contributed by atoms with Crippen LogP contribution in [-0.2, 0) is 11.0 Å². The van der Waals surface area contributed by atoms with E-state index in [4.69, 9.17) is 9.90 Å². The Balaban J connectivity index is 0.000000709. The van der Waals surface area contributed by atoms with E-state index in [-0.39, 0.29) is 0 Å². The van der Waals surface area contributed by atoms with E-state index in [2.05, 4.69) is 124 Å². The molecule has 0 heterocycles. The molecule has 0 aromatic heterocycles. The number of aryl methyl sites for hydroxylation is 3. The zero-order chi connectivity index (χ0) is 23.8. The number of hydrogen-bond donors (Lipinski definition) is 0. The van der Waals surface area contributed by atoms with Crippen molar-refractivity contribution in [2.24, 2.45) is 0 Å². The molecule has 0 aliphatic carbocycles. The maximum atomic E-state index is 8.89. The minimum Gasteiger partial charge on any atom is -0.550 e. The van der Waals surface area contributed by atoms with Crippen molar-refractivity contribution in [2.75, 3.05) is 0 Å². The molecule has 0 unspecified atom stereocenters. The molecule has 0 fully saturated rings. The van der Waals surface area contributed by atoms with Gasteiger partial charge >= 0.3 is 0 Å². The normalized spacial score (nSPS) is 10.8. The first-order valence-corrected chi connectivity index (χ1v) is 13.1. The monoisotopic (exact) mass is 454 g/mol. The number of carbonyl (C=O) groups is 1. The number of carboxylic acids is 1. The van der Waals surface area contributed by atoms with Crippen LogP contribution in [0.4, 0.5) is 0 Å². The average Bonchev–Trinajstić information content (AvgIpc) is 2.78. The summed E-state index contributed by atoms with van der Waals surface area (Å²) in [4.78, 5) is 8.89. The Morgan fingerprint density at radius 3 is 1.33 bits per heavy atom. The molecule has 0 spiro atoms. The zero-order valence-electron chi connectivity index (χ0n) is 19.8. The fraction of sp³-hybridized carbons (Fsp3) is 0.167. The summed E-state index contributed by atoms with van der Waals surface area (Å²) in [5.41, 5.74) is 5.35. The van der Waals surface area contributed by atoms with Gasteiger partial charge in [-0.3, -0.25) is 0 Å². The van der Waals surface area contributed by atoms with Crippen molar-refractivity contribution in [3.8, 4) is 0 Å². The van der Waals surface area contributed by atoms with Gasteiger partial charge in [-0.25, -0.2) is 0 Å². The molecule has 33 heavy (non-hydrogen) atoms. The molecule has 4 aromatic rings. The van der Waals surface area contributed by atoms with Crippen molar-refractivity contribution in [3.05, 3.63) is 125 Å². The molecule has 0 radical (unpaired) electrons. The number of carbonyl (C=O) groups excluding carboxylic acids is 1. The Hall–Kier alpha value is -3.22. The van der Waals surface area contributed by atoms with Crippen LogP contribution in [-0.4, -0.2) is 5.97 Å². The van der Waals surface area contributed by atoms with Gasteiger partial charge in [-0.2, -0.15) is 0 Å². The van der Waals surface area contributed by atoms with Crippen LogP contribution in [0.5, 0.6) is 0 Å².